The van der Waals surface area contributed by atoms with Crippen molar-refractivity contribution >= 4 is 17.9 Å². The highest BCUT2D eigenvalue weighted by atomic mass is 32.2. The first-order chi connectivity index (χ1) is 9.75. The number of hydrogen-bond donors (Lipinski definition) is 2. The number of nitrogens with one attached hydrogen (secondary N) is 1. The van der Waals surface area contributed by atoms with Crippen molar-refractivity contribution in [2.45, 2.75) is 31.7 Å². The molecule has 1 rings (SSSR count). The van der Waals surface area contributed by atoms with Gasteiger partial charge in [0.2, 0.25) is 0 Å². The molecule has 0 saturated heterocycles. The standard InChI is InChI=1S/C13H15F4NO2S/c1-6(2)3-4-21-12-10(16)8(14)7(5-18-13(19)20)9(15)11(12)17/h6,18H,3-5H2,1-2H3,(H,19,20). The smallest absolute Gasteiger partial charge is 0.404 e. The number of carbonyl (C=O) groups is 1. The van der Waals surface area contributed by atoms with Crippen LogP contribution in [0.5, 0.6) is 0 Å². The van der Waals surface area contributed by atoms with Gasteiger partial charge in [0.25, 0.3) is 0 Å². The lowest BCUT2D eigenvalue weighted by molar-refractivity contribution is 0.193. The van der Waals surface area contributed by atoms with Gasteiger partial charge in [0.15, 0.2) is 23.3 Å². The second-order valence-corrected chi connectivity index (χ2v) is 5.86. The van der Waals surface area contributed by atoms with Gasteiger partial charge in [-0.3, -0.25) is 0 Å². The molecule has 0 fully saturated rings. The highest BCUT2D eigenvalue weighted by Crippen LogP contribution is 2.32. The molecule has 0 aliphatic carbocycles. The summed E-state index contributed by atoms with van der Waals surface area (Å²) in [5.41, 5.74) is -0.972. The summed E-state index contributed by atoms with van der Waals surface area (Å²) in [7, 11) is 0. The molecule has 0 aliphatic heterocycles. The summed E-state index contributed by atoms with van der Waals surface area (Å²) in [6.45, 7) is 2.97. The summed E-state index contributed by atoms with van der Waals surface area (Å²) < 4.78 is 55.0. The predicted octanol–water partition coefficient (Wildman–Crippen LogP) is 4.15. The maximum Gasteiger partial charge on any atom is 0.404 e. The summed E-state index contributed by atoms with van der Waals surface area (Å²) in [5, 5.41) is 10.0. The van der Waals surface area contributed by atoms with E-state index in [0.29, 0.717) is 23.9 Å². The molecule has 21 heavy (non-hydrogen) atoms. The largest absolute Gasteiger partial charge is 0.465 e. The van der Waals surface area contributed by atoms with Gasteiger partial charge in [0.1, 0.15) is 0 Å². The Morgan fingerprint density at radius 3 is 2.10 bits per heavy atom. The Labute approximate surface area is 123 Å². The molecule has 118 valence electrons. The minimum atomic E-state index is -1.57. The third kappa shape index (κ3) is 4.52. The monoisotopic (exact) mass is 325 g/mol. The molecule has 3 nitrogen and oxygen atoms in total. The van der Waals surface area contributed by atoms with Crippen molar-refractivity contribution in [3.63, 3.8) is 0 Å². The molecular weight excluding hydrogens is 310 g/mol. The van der Waals surface area contributed by atoms with Crippen LogP contribution in [0.3, 0.4) is 0 Å². The van der Waals surface area contributed by atoms with Crippen molar-refractivity contribution in [3.8, 4) is 0 Å². The van der Waals surface area contributed by atoms with Crippen LogP contribution in [0.25, 0.3) is 0 Å². The number of hydrogen-bond acceptors (Lipinski definition) is 2. The molecule has 0 bridgehead atoms. The van der Waals surface area contributed by atoms with E-state index in [1.807, 2.05) is 13.8 Å². The van der Waals surface area contributed by atoms with Gasteiger partial charge in [-0.2, -0.15) is 0 Å². The SMILES string of the molecule is CC(C)CCSc1c(F)c(F)c(CNC(=O)O)c(F)c1F. The normalized spacial score (nSPS) is 11.0. The van der Waals surface area contributed by atoms with Gasteiger partial charge in [-0.05, 0) is 18.1 Å². The second kappa shape index (κ2) is 7.53. The Bertz CT molecular complexity index is 508. The fourth-order valence-electron chi connectivity index (χ4n) is 1.50. The van der Waals surface area contributed by atoms with Gasteiger partial charge in [-0.1, -0.05) is 13.8 Å². The Balaban J connectivity index is 3.05. The third-order valence-electron chi connectivity index (χ3n) is 2.67. The van der Waals surface area contributed by atoms with Gasteiger partial charge in [-0.15, -0.1) is 11.8 Å². The van der Waals surface area contributed by atoms with Crippen LogP contribution in [0.1, 0.15) is 25.8 Å². The van der Waals surface area contributed by atoms with E-state index in [1.54, 1.807) is 5.32 Å². The van der Waals surface area contributed by atoms with Gasteiger partial charge in [0.05, 0.1) is 11.4 Å². The number of carboxylic acid groups (broad SMARTS) is 1. The molecule has 1 aromatic carbocycles. The van der Waals surface area contributed by atoms with E-state index < -0.39 is 46.4 Å². The van der Waals surface area contributed by atoms with Crippen molar-refractivity contribution in [2.75, 3.05) is 5.75 Å². The van der Waals surface area contributed by atoms with Crippen LogP contribution in [0, 0.1) is 29.2 Å². The van der Waals surface area contributed by atoms with Crippen molar-refractivity contribution in [1.82, 2.24) is 5.32 Å². The molecule has 0 aromatic heterocycles. The zero-order valence-electron chi connectivity index (χ0n) is 11.5. The first-order valence-electron chi connectivity index (χ1n) is 6.20. The van der Waals surface area contributed by atoms with Crippen LogP contribution in [0.4, 0.5) is 22.4 Å². The summed E-state index contributed by atoms with van der Waals surface area (Å²) in [6, 6.07) is 0. The number of thioether (sulfide) groups is 1. The quantitative estimate of drug-likeness (QED) is 0.469. The zero-order valence-corrected chi connectivity index (χ0v) is 12.3. The maximum absolute atomic E-state index is 13.8. The van der Waals surface area contributed by atoms with E-state index in [0.717, 1.165) is 0 Å². The molecule has 0 aliphatic rings. The zero-order chi connectivity index (χ0) is 16.2. The minimum absolute atomic E-state index is 0.289. The van der Waals surface area contributed by atoms with E-state index in [-0.39, 0.29) is 5.92 Å². The number of benzene rings is 1. The number of amides is 1. The summed E-state index contributed by atoms with van der Waals surface area (Å²) >= 11 is 0.697. The molecule has 0 saturated carbocycles. The van der Waals surface area contributed by atoms with Crippen molar-refractivity contribution in [1.29, 1.82) is 0 Å². The maximum atomic E-state index is 13.8. The summed E-state index contributed by atoms with van der Waals surface area (Å²) in [5.74, 6) is -5.53. The lowest BCUT2D eigenvalue weighted by atomic mass is 10.1. The fraction of sp³-hybridized carbons (Fsp3) is 0.462. The molecule has 1 amide bonds. The average molecular weight is 325 g/mol. The minimum Gasteiger partial charge on any atom is -0.465 e. The van der Waals surface area contributed by atoms with Gasteiger partial charge >= 0.3 is 6.09 Å². The van der Waals surface area contributed by atoms with Crippen LogP contribution in [0.15, 0.2) is 4.90 Å². The average Bonchev–Trinajstić information content (AvgIpc) is 2.40. The van der Waals surface area contributed by atoms with Crippen molar-refractivity contribution in [2.24, 2.45) is 5.92 Å². The molecule has 1 aromatic rings. The third-order valence-corrected chi connectivity index (χ3v) is 3.76. The molecule has 0 atom stereocenters. The highest BCUT2D eigenvalue weighted by molar-refractivity contribution is 7.99. The Morgan fingerprint density at radius 2 is 1.67 bits per heavy atom. The first-order valence-corrected chi connectivity index (χ1v) is 7.18. The van der Waals surface area contributed by atoms with Crippen LogP contribution >= 0.6 is 11.8 Å². The topological polar surface area (TPSA) is 49.3 Å². The fourth-order valence-corrected chi connectivity index (χ4v) is 2.73. The lowest BCUT2D eigenvalue weighted by Gasteiger charge is -2.12. The van der Waals surface area contributed by atoms with Crippen LogP contribution in [0.2, 0.25) is 0 Å². The van der Waals surface area contributed by atoms with E-state index in [1.165, 1.54) is 0 Å². The first kappa shape index (κ1) is 17.6. The van der Waals surface area contributed by atoms with Crippen LogP contribution in [-0.2, 0) is 6.54 Å². The molecule has 0 radical (unpaired) electrons. The van der Waals surface area contributed by atoms with Gasteiger partial charge in [-0.25, -0.2) is 22.4 Å². The van der Waals surface area contributed by atoms with Crippen molar-refractivity contribution < 1.29 is 27.5 Å². The van der Waals surface area contributed by atoms with Crippen LogP contribution in [-0.4, -0.2) is 17.0 Å². The number of halogens is 4. The molecule has 8 heteroatoms. The Kier molecular flexibility index (Phi) is 6.32. The predicted molar refractivity (Wildman–Crippen MR) is 71.3 cm³/mol. The summed E-state index contributed by atoms with van der Waals surface area (Å²) in [4.78, 5) is 9.57. The molecule has 0 heterocycles. The highest BCUT2D eigenvalue weighted by Gasteiger charge is 2.25. The van der Waals surface area contributed by atoms with E-state index >= 15 is 0 Å². The Morgan fingerprint density at radius 1 is 1.14 bits per heavy atom. The van der Waals surface area contributed by atoms with E-state index in [2.05, 4.69) is 0 Å². The van der Waals surface area contributed by atoms with Crippen LogP contribution < -0.4 is 5.32 Å². The van der Waals surface area contributed by atoms with E-state index in [9.17, 15) is 22.4 Å². The van der Waals surface area contributed by atoms with E-state index in [4.69, 9.17) is 5.11 Å². The van der Waals surface area contributed by atoms with Crippen molar-refractivity contribution in [3.05, 3.63) is 28.8 Å². The summed E-state index contributed by atoms with van der Waals surface area (Å²) in [6.07, 6.45) is -0.917. The Hall–Kier alpha value is -1.44. The van der Waals surface area contributed by atoms with Gasteiger partial charge in [0, 0.05) is 5.56 Å². The lowest BCUT2D eigenvalue weighted by Crippen LogP contribution is -2.22. The molecule has 0 unspecified atom stereocenters. The molecule has 0 spiro atoms. The second-order valence-electron chi connectivity index (χ2n) is 4.75. The van der Waals surface area contributed by atoms with Gasteiger partial charge < -0.3 is 10.4 Å². The number of rotatable bonds is 6. The molecule has 2 N–H and O–H groups in total. The molecular formula is C13H15F4NO2S.